The van der Waals surface area contributed by atoms with Crippen LogP contribution in [0.4, 0.5) is 0 Å². The molecular weight excluding hydrogens is 179 g/mol. The lowest BCUT2D eigenvalue weighted by molar-refractivity contribution is -0.0369. The molecule has 2 unspecified atom stereocenters. The predicted octanol–water partition coefficient (Wildman–Crippen LogP) is 2.44. The molecule has 0 aromatic carbocycles. The Morgan fingerprint density at radius 1 is 1.38 bits per heavy atom. The molecule has 0 saturated carbocycles. The topological polar surface area (TPSA) is 9.23 Å². The molecule has 3 heteroatoms. The molecule has 1 heterocycles. The van der Waals surface area contributed by atoms with Gasteiger partial charge in [-0.2, -0.15) is 11.8 Å². The molecule has 1 aliphatic heterocycles. The Morgan fingerprint density at radius 3 is 2.15 bits per heavy atom. The number of ether oxygens (including phenoxy) is 1. The van der Waals surface area contributed by atoms with Crippen LogP contribution in [0.15, 0.2) is 0 Å². The first-order valence-electron chi connectivity index (χ1n) is 5.07. The SMILES string of the molecule is [B][C@@H]1OC(CC)(CC)C(C)C1SC. The van der Waals surface area contributed by atoms with E-state index in [-0.39, 0.29) is 11.6 Å². The summed E-state index contributed by atoms with van der Waals surface area (Å²) in [6.07, 6.45) is 4.25. The van der Waals surface area contributed by atoms with Crippen LogP contribution in [0.5, 0.6) is 0 Å². The Labute approximate surface area is 87.4 Å². The molecule has 1 aliphatic rings. The van der Waals surface area contributed by atoms with Crippen LogP contribution in [-0.4, -0.2) is 31.0 Å². The van der Waals surface area contributed by atoms with E-state index in [2.05, 4.69) is 27.0 Å². The highest BCUT2D eigenvalue weighted by molar-refractivity contribution is 7.99. The molecule has 1 fully saturated rings. The van der Waals surface area contributed by atoms with Gasteiger partial charge < -0.3 is 4.74 Å². The van der Waals surface area contributed by atoms with Crippen LogP contribution in [-0.2, 0) is 4.74 Å². The van der Waals surface area contributed by atoms with Crippen molar-refractivity contribution in [3.05, 3.63) is 0 Å². The standard InChI is InChI=1S/C10H19BOS/c1-5-10(6-2)7(3)8(13-4)9(11)12-10/h7-9H,5-6H2,1-4H3/t7?,8?,9-/m1/s1. The normalized spacial score (nSPS) is 38.0. The van der Waals surface area contributed by atoms with Crippen LogP contribution in [0.2, 0.25) is 0 Å². The number of hydrogen-bond donors (Lipinski definition) is 0. The van der Waals surface area contributed by atoms with Crippen LogP contribution in [0.25, 0.3) is 0 Å². The Balaban J connectivity index is 2.80. The van der Waals surface area contributed by atoms with Gasteiger partial charge in [-0.15, -0.1) is 0 Å². The van der Waals surface area contributed by atoms with Crippen molar-refractivity contribution in [3.8, 4) is 0 Å². The van der Waals surface area contributed by atoms with Gasteiger partial charge in [0.25, 0.3) is 0 Å². The number of rotatable bonds is 3. The van der Waals surface area contributed by atoms with Gasteiger partial charge in [0.2, 0.25) is 0 Å². The summed E-state index contributed by atoms with van der Waals surface area (Å²) in [5.74, 6) is 0.562. The molecular formula is C10H19BOS. The summed E-state index contributed by atoms with van der Waals surface area (Å²) in [5, 5.41) is 0.458. The van der Waals surface area contributed by atoms with Gasteiger partial charge in [-0.3, -0.25) is 0 Å². The van der Waals surface area contributed by atoms with Gasteiger partial charge in [0.05, 0.1) is 5.60 Å². The lowest BCUT2D eigenvalue weighted by atomic mass is 9.82. The van der Waals surface area contributed by atoms with Crippen molar-refractivity contribution in [2.24, 2.45) is 5.92 Å². The highest BCUT2D eigenvalue weighted by atomic mass is 32.2. The van der Waals surface area contributed by atoms with E-state index >= 15 is 0 Å². The first kappa shape index (κ1) is 11.4. The second-order valence-corrected chi connectivity index (χ2v) is 4.86. The molecule has 0 aromatic heterocycles. The largest absolute Gasteiger partial charge is 0.380 e. The van der Waals surface area contributed by atoms with Crippen molar-refractivity contribution >= 4 is 19.6 Å². The van der Waals surface area contributed by atoms with Crippen LogP contribution in [0.1, 0.15) is 33.6 Å². The Kier molecular flexibility index (Phi) is 3.76. The lowest BCUT2D eigenvalue weighted by Crippen LogP contribution is -2.34. The van der Waals surface area contributed by atoms with E-state index in [1.807, 2.05) is 11.8 Å². The molecule has 1 rings (SSSR count). The van der Waals surface area contributed by atoms with Crippen LogP contribution in [0.3, 0.4) is 0 Å². The molecule has 74 valence electrons. The van der Waals surface area contributed by atoms with E-state index in [4.69, 9.17) is 12.6 Å². The molecule has 0 N–H and O–H groups in total. The zero-order valence-electron chi connectivity index (χ0n) is 9.04. The number of hydrogen-bond acceptors (Lipinski definition) is 2. The second-order valence-electron chi connectivity index (χ2n) is 3.84. The molecule has 0 bridgehead atoms. The summed E-state index contributed by atoms with van der Waals surface area (Å²) in [6, 6.07) is -0.0788. The van der Waals surface area contributed by atoms with E-state index in [1.54, 1.807) is 0 Å². The van der Waals surface area contributed by atoms with Crippen LogP contribution in [0, 0.1) is 5.92 Å². The van der Waals surface area contributed by atoms with Gasteiger partial charge in [0.1, 0.15) is 7.85 Å². The maximum atomic E-state index is 5.96. The third-order valence-corrected chi connectivity index (χ3v) is 4.71. The summed E-state index contributed by atoms with van der Waals surface area (Å²) in [6.45, 7) is 6.64. The zero-order valence-corrected chi connectivity index (χ0v) is 9.86. The van der Waals surface area contributed by atoms with Gasteiger partial charge in [0, 0.05) is 11.3 Å². The van der Waals surface area contributed by atoms with Gasteiger partial charge in [-0.05, 0) is 25.0 Å². The summed E-state index contributed by atoms with van der Waals surface area (Å²) >= 11 is 1.83. The maximum absolute atomic E-state index is 5.96. The van der Waals surface area contributed by atoms with Crippen molar-refractivity contribution in [1.82, 2.24) is 0 Å². The summed E-state index contributed by atoms with van der Waals surface area (Å²) in [5.41, 5.74) is 0.0348. The first-order valence-corrected chi connectivity index (χ1v) is 6.36. The average molecular weight is 198 g/mol. The minimum atomic E-state index is -0.0788. The molecule has 0 aromatic rings. The van der Waals surface area contributed by atoms with Crippen molar-refractivity contribution in [2.45, 2.75) is 50.5 Å². The highest BCUT2D eigenvalue weighted by Crippen LogP contribution is 2.44. The predicted molar refractivity (Wildman–Crippen MR) is 60.4 cm³/mol. The fourth-order valence-electron chi connectivity index (χ4n) is 2.43. The fourth-order valence-corrected chi connectivity index (χ4v) is 3.41. The molecule has 1 nitrogen and oxygen atoms in total. The summed E-state index contributed by atoms with van der Waals surface area (Å²) in [4.78, 5) is 0. The van der Waals surface area contributed by atoms with Crippen molar-refractivity contribution in [2.75, 3.05) is 6.26 Å². The summed E-state index contributed by atoms with van der Waals surface area (Å²) in [7, 11) is 5.96. The molecule has 0 aliphatic carbocycles. The minimum Gasteiger partial charge on any atom is -0.380 e. The van der Waals surface area contributed by atoms with E-state index in [0.717, 1.165) is 12.8 Å². The van der Waals surface area contributed by atoms with E-state index < -0.39 is 0 Å². The van der Waals surface area contributed by atoms with Gasteiger partial charge in [0.15, 0.2) is 0 Å². The highest BCUT2D eigenvalue weighted by Gasteiger charge is 2.47. The monoisotopic (exact) mass is 198 g/mol. The van der Waals surface area contributed by atoms with Crippen molar-refractivity contribution in [1.29, 1.82) is 0 Å². The fraction of sp³-hybridized carbons (Fsp3) is 1.00. The molecule has 0 spiro atoms. The smallest absolute Gasteiger partial charge is 0.110 e. The van der Waals surface area contributed by atoms with Crippen LogP contribution >= 0.6 is 11.8 Å². The van der Waals surface area contributed by atoms with Crippen molar-refractivity contribution < 1.29 is 4.74 Å². The maximum Gasteiger partial charge on any atom is 0.110 e. The Bertz CT molecular complexity index is 170. The molecule has 13 heavy (non-hydrogen) atoms. The molecule has 3 atom stereocenters. The van der Waals surface area contributed by atoms with E-state index in [0.29, 0.717) is 11.2 Å². The quantitative estimate of drug-likeness (QED) is 0.644. The van der Waals surface area contributed by atoms with E-state index in [9.17, 15) is 0 Å². The Morgan fingerprint density at radius 2 is 1.92 bits per heavy atom. The van der Waals surface area contributed by atoms with Crippen molar-refractivity contribution in [3.63, 3.8) is 0 Å². The second kappa shape index (κ2) is 4.27. The lowest BCUT2D eigenvalue weighted by Gasteiger charge is -2.31. The van der Waals surface area contributed by atoms with E-state index in [1.165, 1.54) is 0 Å². The molecule has 1 saturated heterocycles. The van der Waals surface area contributed by atoms with Gasteiger partial charge >= 0.3 is 0 Å². The minimum absolute atomic E-state index is 0.0348. The average Bonchev–Trinajstić information content (AvgIpc) is 2.38. The zero-order chi connectivity index (χ0) is 10.1. The molecule has 2 radical (unpaired) electrons. The summed E-state index contributed by atoms with van der Waals surface area (Å²) < 4.78 is 5.92. The number of thioether (sulfide) groups is 1. The third-order valence-electron chi connectivity index (χ3n) is 3.49. The third kappa shape index (κ3) is 1.78. The van der Waals surface area contributed by atoms with Gasteiger partial charge in [-0.25, -0.2) is 0 Å². The van der Waals surface area contributed by atoms with Gasteiger partial charge in [-0.1, -0.05) is 20.8 Å². The molecule has 0 amide bonds. The Hall–Kier alpha value is 0.375. The first-order chi connectivity index (χ1) is 6.11. The van der Waals surface area contributed by atoms with Crippen LogP contribution < -0.4 is 0 Å².